The molecular formula is C13H12F3N3O. The smallest absolute Gasteiger partial charge is 0.404 e. The van der Waals surface area contributed by atoms with Crippen LogP contribution in [0.15, 0.2) is 36.4 Å². The standard InChI is InChI=1S/C13H12F3N3O/c1-19(2)20-10-8-11(13(14,15)16)17-18-12(10)9-6-4-3-5-7-9/h3-8H,1-2H3. The van der Waals surface area contributed by atoms with Crippen LogP contribution >= 0.6 is 0 Å². The summed E-state index contributed by atoms with van der Waals surface area (Å²) >= 11 is 0. The number of halogens is 3. The molecule has 0 aliphatic heterocycles. The minimum Gasteiger partial charge on any atom is -0.404 e. The van der Waals surface area contributed by atoms with Crippen LogP contribution in [0.3, 0.4) is 0 Å². The summed E-state index contributed by atoms with van der Waals surface area (Å²) in [4.78, 5) is 5.27. The maximum Gasteiger partial charge on any atom is 0.435 e. The van der Waals surface area contributed by atoms with Gasteiger partial charge in [-0.05, 0) is 0 Å². The van der Waals surface area contributed by atoms with Gasteiger partial charge < -0.3 is 4.84 Å². The van der Waals surface area contributed by atoms with Crippen LogP contribution in [-0.4, -0.2) is 29.4 Å². The van der Waals surface area contributed by atoms with Crippen LogP contribution < -0.4 is 4.84 Å². The number of hydrogen-bond donors (Lipinski definition) is 0. The lowest BCUT2D eigenvalue weighted by Gasteiger charge is -2.16. The zero-order chi connectivity index (χ0) is 14.8. The monoisotopic (exact) mass is 283 g/mol. The molecule has 0 fully saturated rings. The largest absolute Gasteiger partial charge is 0.435 e. The van der Waals surface area contributed by atoms with Gasteiger partial charge in [0.25, 0.3) is 0 Å². The Morgan fingerprint density at radius 3 is 2.25 bits per heavy atom. The molecule has 0 amide bonds. The number of hydrogen-bond acceptors (Lipinski definition) is 4. The quantitative estimate of drug-likeness (QED) is 0.812. The highest BCUT2D eigenvalue weighted by atomic mass is 19.4. The van der Waals surface area contributed by atoms with Crippen LogP contribution in [0.4, 0.5) is 13.2 Å². The lowest BCUT2D eigenvalue weighted by molar-refractivity contribution is -0.142. The molecule has 2 rings (SSSR count). The molecule has 0 unspecified atom stereocenters. The predicted octanol–water partition coefficient (Wildman–Crippen LogP) is 3.02. The third-order valence-corrected chi connectivity index (χ3v) is 2.38. The molecule has 7 heteroatoms. The minimum absolute atomic E-state index is 0.00326. The summed E-state index contributed by atoms with van der Waals surface area (Å²) in [5.74, 6) is 0.00326. The maximum atomic E-state index is 12.7. The molecule has 0 aliphatic carbocycles. The van der Waals surface area contributed by atoms with E-state index in [2.05, 4.69) is 10.2 Å². The van der Waals surface area contributed by atoms with Crippen LogP contribution in [-0.2, 0) is 6.18 Å². The fourth-order valence-corrected chi connectivity index (χ4v) is 1.58. The van der Waals surface area contributed by atoms with Gasteiger partial charge in [0, 0.05) is 25.7 Å². The molecule has 0 spiro atoms. The summed E-state index contributed by atoms with van der Waals surface area (Å²) in [5.41, 5.74) is -0.202. The van der Waals surface area contributed by atoms with Crippen molar-refractivity contribution in [3.05, 3.63) is 42.1 Å². The Kier molecular flexibility index (Phi) is 3.89. The number of hydroxylamine groups is 2. The van der Waals surface area contributed by atoms with Crippen LogP contribution in [0.1, 0.15) is 5.69 Å². The SMILES string of the molecule is CN(C)Oc1cc(C(F)(F)F)nnc1-c1ccccc1. The molecule has 2 aromatic rings. The Bertz CT molecular complexity index is 585. The highest BCUT2D eigenvalue weighted by molar-refractivity contribution is 5.65. The molecule has 0 radical (unpaired) electrons. The Balaban J connectivity index is 2.51. The summed E-state index contributed by atoms with van der Waals surface area (Å²) in [6.45, 7) is 0. The summed E-state index contributed by atoms with van der Waals surface area (Å²) < 4.78 is 38.0. The fraction of sp³-hybridized carbons (Fsp3) is 0.231. The Hall–Kier alpha value is -2.15. The van der Waals surface area contributed by atoms with Gasteiger partial charge in [0.05, 0.1) is 0 Å². The highest BCUT2D eigenvalue weighted by Crippen LogP contribution is 2.34. The molecule has 0 saturated heterocycles. The van der Waals surface area contributed by atoms with Gasteiger partial charge in [0.2, 0.25) is 0 Å². The highest BCUT2D eigenvalue weighted by Gasteiger charge is 2.34. The van der Waals surface area contributed by atoms with E-state index < -0.39 is 11.9 Å². The van der Waals surface area contributed by atoms with Gasteiger partial charge in [0.15, 0.2) is 11.4 Å². The lowest BCUT2D eigenvalue weighted by Crippen LogP contribution is -2.18. The van der Waals surface area contributed by atoms with Crippen molar-refractivity contribution in [3.8, 4) is 17.0 Å². The molecule has 20 heavy (non-hydrogen) atoms. The third-order valence-electron chi connectivity index (χ3n) is 2.38. The van der Waals surface area contributed by atoms with Crippen molar-refractivity contribution in [2.75, 3.05) is 14.1 Å². The molecule has 0 saturated carbocycles. The van der Waals surface area contributed by atoms with Crippen molar-refractivity contribution >= 4 is 0 Å². The van der Waals surface area contributed by atoms with Gasteiger partial charge in [0.1, 0.15) is 5.69 Å². The van der Waals surface area contributed by atoms with Crippen molar-refractivity contribution in [2.45, 2.75) is 6.18 Å². The molecule has 0 bridgehead atoms. The number of nitrogens with zero attached hydrogens (tertiary/aromatic N) is 3. The molecule has 0 N–H and O–H groups in total. The van der Waals surface area contributed by atoms with Crippen molar-refractivity contribution in [1.82, 2.24) is 15.3 Å². The van der Waals surface area contributed by atoms with Crippen molar-refractivity contribution in [1.29, 1.82) is 0 Å². The van der Waals surface area contributed by atoms with E-state index in [1.165, 1.54) is 5.06 Å². The third kappa shape index (κ3) is 3.24. The van der Waals surface area contributed by atoms with E-state index in [0.717, 1.165) is 6.07 Å². The van der Waals surface area contributed by atoms with Crippen LogP contribution in [0.25, 0.3) is 11.3 Å². The second-order valence-corrected chi connectivity index (χ2v) is 4.21. The molecule has 106 valence electrons. The van der Waals surface area contributed by atoms with Crippen molar-refractivity contribution in [2.24, 2.45) is 0 Å². The molecule has 0 aliphatic rings. The topological polar surface area (TPSA) is 38.2 Å². The molecule has 4 nitrogen and oxygen atoms in total. The van der Waals surface area contributed by atoms with Gasteiger partial charge in [-0.2, -0.15) is 18.2 Å². The van der Waals surface area contributed by atoms with Gasteiger partial charge in [-0.1, -0.05) is 30.3 Å². The van der Waals surface area contributed by atoms with Gasteiger partial charge in [-0.25, -0.2) is 0 Å². The average Bonchev–Trinajstić information content (AvgIpc) is 2.38. The first-order valence-electron chi connectivity index (χ1n) is 5.73. The second kappa shape index (κ2) is 5.46. The predicted molar refractivity (Wildman–Crippen MR) is 66.8 cm³/mol. The first-order valence-corrected chi connectivity index (χ1v) is 5.73. The summed E-state index contributed by atoms with van der Waals surface area (Å²) in [5, 5.41) is 8.16. The van der Waals surface area contributed by atoms with Crippen molar-refractivity contribution in [3.63, 3.8) is 0 Å². The van der Waals surface area contributed by atoms with E-state index in [1.807, 2.05) is 0 Å². The first kappa shape index (κ1) is 14.3. The van der Waals surface area contributed by atoms with E-state index in [0.29, 0.717) is 5.56 Å². The van der Waals surface area contributed by atoms with E-state index >= 15 is 0 Å². The number of rotatable bonds is 3. The van der Waals surface area contributed by atoms with Crippen molar-refractivity contribution < 1.29 is 18.0 Å². The molecule has 1 aromatic heterocycles. The zero-order valence-corrected chi connectivity index (χ0v) is 10.8. The fourth-order valence-electron chi connectivity index (χ4n) is 1.58. The average molecular weight is 283 g/mol. The summed E-state index contributed by atoms with van der Waals surface area (Å²) in [7, 11) is 3.14. The van der Waals surface area contributed by atoms with E-state index in [1.54, 1.807) is 44.4 Å². The van der Waals surface area contributed by atoms with E-state index in [-0.39, 0.29) is 11.4 Å². The maximum absolute atomic E-state index is 12.7. The van der Waals surface area contributed by atoms with Gasteiger partial charge in [-0.3, -0.25) is 0 Å². The van der Waals surface area contributed by atoms with E-state index in [9.17, 15) is 13.2 Å². The number of aromatic nitrogens is 2. The van der Waals surface area contributed by atoms with E-state index in [4.69, 9.17) is 4.84 Å². The van der Waals surface area contributed by atoms with Crippen LogP contribution in [0.5, 0.6) is 5.75 Å². The number of alkyl halides is 3. The first-order chi connectivity index (χ1) is 9.38. The molecule has 1 heterocycles. The zero-order valence-electron chi connectivity index (χ0n) is 10.8. The molecule has 0 atom stereocenters. The molecule has 1 aromatic carbocycles. The Morgan fingerprint density at radius 1 is 1.05 bits per heavy atom. The summed E-state index contributed by atoms with van der Waals surface area (Å²) in [6.07, 6.45) is -4.56. The van der Waals surface area contributed by atoms with Gasteiger partial charge >= 0.3 is 6.18 Å². The van der Waals surface area contributed by atoms with Gasteiger partial charge in [-0.15, -0.1) is 10.2 Å². The Labute approximate surface area is 113 Å². The van der Waals surface area contributed by atoms with Crippen LogP contribution in [0.2, 0.25) is 0 Å². The summed E-state index contributed by atoms with van der Waals surface area (Å²) in [6, 6.07) is 9.60. The normalized spacial score (nSPS) is 11.7. The molecular weight excluding hydrogens is 271 g/mol. The Morgan fingerprint density at radius 2 is 1.70 bits per heavy atom. The minimum atomic E-state index is -4.56. The lowest BCUT2D eigenvalue weighted by atomic mass is 10.1. The second-order valence-electron chi connectivity index (χ2n) is 4.21. The van der Waals surface area contributed by atoms with Crippen LogP contribution in [0, 0.1) is 0 Å². The number of benzene rings is 1.